The number of rotatable bonds is 8. The van der Waals surface area contributed by atoms with Crippen LogP contribution in [0, 0.1) is 0 Å². The molecule has 3 atom stereocenters. The molecule has 0 aliphatic carbocycles. The van der Waals surface area contributed by atoms with Gasteiger partial charge in [-0.1, -0.05) is 51.1 Å². The summed E-state index contributed by atoms with van der Waals surface area (Å²) in [6, 6.07) is 16.5. The first-order chi connectivity index (χ1) is 18.8. The summed E-state index contributed by atoms with van der Waals surface area (Å²) in [7, 11) is -5.08. The van der Waals surface area contributed by atoms with E-state index in [4.69, 9.17) is 9.16 Å². The molecule has 2 N–H and O–H groups in total. The van der Waals surface area contributed by atoms with Gasteiger partial charge >= 0.3 is 0 Å². The van der Waals surface area contributed by atoms with Gasteiger partial charge in [-0.15, -0.1) is 11.3 Å². The lowest BCUT2D eigenvalue weighted by molar-refractivity contribution is -0.134. The fourth-order valence-corrected chi connectivity index (χ4v) is 8.81. The van der Waals surface area contributed by atoms with Crippen LogP contribution in [0.25, 0.3) is 0 Å². The van der Waals surface area contributed by atoms with E-state index in [1.54, 1.807) is 17.6 Å². The molecule has 8 nitrogen and oxygen atoms in total. The molecule has 2 heterocycles. The van der Waals surface area contributed by atoms with E-state index in [0.29, 0.717) is 12.2 Å². The minimum absolute atomic E-state index is 0.0267. The van der Waals surface area contributed by atoms with Gasteiger partial charge in [0.2, 0.25) is 10.0 Å². The number of benzene rings is 2. The van der Waals surface area contributed by atoms with Gasteiger partial charge in [0.05, 0.1) is 18.1 Å². The van der Waals surface area contributed by atoms with Gasteiger partial charge in [-0.05, 0) is 71.4 Å². The largest absolute Gasteiger partial charge is 0.497 e. The second-order valence-electron chi connectivity index (χ2n) is 11.6. The molecule has 0 saturated heterocycles. The van der Waals surface area contributed by atoms with E-state index in [2.05, 4.69) is 33.9 Å². The highest BCUT2D eigenvalue weighted by Gasteiger charge is 2.49. The number of carbonyl (C=O) groups excluding carboxylic acids is 1. The highest BCUT2D eigenvalue weighted by molar-refractivity contribution is 7.89. The summed E-state index contributed by atoms with van der Waals surface area (Å²) in [5.74, 6) is -0.845. The number of methoxy groups -OCH3 is 1. The molecule has 0 saturated carbocycles. The van der Waals surface area contributed by atoms with Crippen molar-refractivity contribution in [3.05, 3.63) is 82.0 Å². The Balaban J connectivity index is 1.92. The molecule has 0 radical (unpaired) electrons. The van der Waals surface area contributed by atoms with Crippen molar-refractivity contribution < 1.29 is 27.6 Å². The van der Waals surface area contributed by atoms with Gasteiger partial charge in [-0.2, -0.15) is 4.31 Å². The summed E-state index contributed by atoms with van der Waals surface area (Å²) in [5.41, 5.74) is 3.58. The normalized spacial score (nSPS) is 20.4. The molecule has 1 unspecified atom stereocenters. The highest BCUT2D eigenvalue weighted by Crippen LogP contribution is 2.46. The van der Waals surface area contributed by atoms with E-state index < -0.39 is 42.3 Å². The third-order valence-corrected chi connectivity index (χ3v) is 15.4. The first kappa shape index (κ1) is 30.4. The maximum atomic E-state index is 14.3. The zero-order valence-corrected chi connectivity index (χ0v) is 26.4. The van der Waals surface area contributed by atoms with Crippen LogP contribution in [0.5, 0.6) is 5.75 Å². The molecule has 1 amide bonds. The number of sulfonamides is 1. The topological polar surface area (TPSA) is 105 Å². The number of thiophene rings is 1. The Morgan fingerprint density at radius 2 is 1.75 bits per heavy atom. The number of hydroxylamine groups is 1. The van der Waals surface area contributed by atoms with Crippen molar-refractivity contribution in [2.75, 3.05) is 13.7 Å². The fourth-order valence-electron chi connectivity index (χ4n) is 4.85. The van der Waals surface area contributed by atoms with Gasteiger partial charge in [0.25, 0.3) is 5.91 Å². The Kier molecular flexibility index (Phi) is 8.93. The van der Waals surface area contributed by atoms with E-state index in [1.165, 1.54) is 34.9 Å². The van der Waals surface area contributed by atoms with Crippen LogP contribution in [0.1, 0.15) is 48.8 Å². The van der Waals surface area contributed by atoms with Crippen LogP contribution in [0.15, 0.2) is 70.9 Å². The molecular formula is C29H38N2O6S2Si. The van der Waals surface area contributed by atoms with Crippen LogP contribution < -0.4 is 10.2 Å². The molecule has 216 valence electrons. The summed E-state index contributed by atoms with van der Waals surface area (Å²) in [6.07, 6.45) is -0.192. The second-order valence-corrected chi connectivity index (χ2v) is 19.2. The first-order valence-corrected chi connectivity index (χ1v) is 18.4. The Bertz CT molecular complexity index is 1420. The highest BCUT2D eigenvalue weighted by atomic mass is 32.2. The van der Waals surface area contributed by atoms with Crippen molar-refractivity contribution in [3.63, 3.8) is 0 Å². The van der Waals surface area contributed by atoms with Crippen molar-refractivity contribution >= 4 is 35.6 Å². The van der Waals surface area contributed by atoms with E-state index in [0.717, 1.165) is 16.0 Å². The van der Waals surface area contributed by atoms with Gasteiger partial charge in [0.1, 0.15) is 11.8 Å². The molecule has 1 aromatic heterocycles. The molecular weight excluding hydrogens is 565 g/mol. The lowest BCUT2D eigenvalue weighted by atomic mass is 9.86. The van der Waals surface area contributed by atoms with Crippen molar-refractivity contribution in [1.82, 2.24) is 9.79 Å². The lowest BCUT2D eigenvalue weighted by Gasteiger charge is -2.40. The molecule has 4 rings (SSSR count). The van der Waals surface area contributed by atoms with E-state index in [-0.39, 0.29) is 16.5 Å². The number of hydrogen-bond acceptors (Lipinski definition) is 7. The standard InChI is InChI=1S/C29H38N2O6S2Si/c1-29(2,3)40(5,6)37-25-19-31(39(34,35)22-14-12-21(36-4)13-15-22)26(28(32)30-33)24(23-16-17-38-27(23)25)18-20-10-8-7-9-11-20/h7-17,24-26,33H,18-19H2,1-6H3,(H,30,32)/t24-,25+,26?/m1/s1. The number of ether oxygens (including phenoxy) is 1. The Morgan fingerprint density at radius 1 is 1.10 bits per heavy atom. The SMILES string of the molecule is COc1ccc(S(=O)(=O)N2C[C@H](O[Si](C)(C)C(C)(C)C)c3sccc3[C@@H](Cc3ccccc3)C2C(=O)NO)cc1. The maximum Gasteiger partial charge on any atom is 0.262 e. The zero-order chi connectivity index (χ0) is 29.3. The zero-order valence-electron chi connectivity index (χ0n) is 23.7. The number of carbonyl (C=O) groups is 1. The third kappa shape index (κ3) is 6.04. The molecule has 0 bridgehead atoms. The van der Waals surface area contributed by atoms with Gasteiger partial charge in [0.15, 0.2) is 8.32 Å². The smallest absolute Gasteiger partial charge is 0.262 e. The molecule has 1 aliphatic rings. The van der Waals surface area contributed by atoms with Crippen LogP contribution in [-0.2, 0) is 25.7 Å². The molecule has 11 heteroatoms. The van der Waals surface area contributed by atoms with Crippen LogP contribution in [0.2, 0.25) is 18.1 Å². The predicted octanol–water partition coefficient (Wildman–Crippen LogP) is 5.72. The number of nitrogens with zero attached hydrogens (tertiary/aromatic N) is 1. The molecule has 0 fully saturated rings. The summed E-state index contributed by atoms with van der Waals surface area (Å²) in [4.78, 5) is 14.4. The summed E-state index contributed by atoms with van der Waals surface area (Å²) in [6.45, 7) is 10.6. The van der Waals surface area contributed by atoms with Crippen molar-refractivity contribution in [2.24, 2.45) is 0 Å². The van der Waals surface area contributed by atoms with Crippen LogP contribution in [0.3, 0.4) is 0 Å². The van der Waals surface area contributed by atoms with Gasteiger partial charge < -0.3 is 9.16 Å². The van der Waals surface area contributed by atoms with Gasteiger partial charge in [-0.25, -0.2) is 13.9 Å². The van der Waals surface area contributed by atoms with Crippen LogP contribution in [-0.4, -0.2) is 51.9 Å². The van der Waals surface area contributed by atoms with E-state index in [1.807, 2.05) is 41.8 Å². The van der Waals surface area contributed by atoms with Crippen molar-refractivity contribution in [3.8, 4) is 5.75 Å². The molecule has 0 spiro atoms. The summed E-state index contributed by atoms with van der Waals surface area (Å²) >= 11 is 1.51. The number of hydrogen-bond donors (Lipinski definition) is 2. The van der Waals surface area contributed by atoms with E-state index in [9.17, 15) is 18.4 Å². The molecule has 2 aromatic carbocycles. The molecule has 3 aromatic rings. The lowest BCUT2D eigenvalue weighted by Crippen LogP contribution is -2.53. The molecule has 1 aliphatic heterocycles. The van der Waals surface area contributed by atoms with Crippen molar-refractivity contribution in [1.29, 1.82) is 0 Å². The van der Waals surface area contributed by atoms with Crippen LogP contribution in [0.4, 0.5) is 0 Å². The monoisotopic (exact) mass is 602 g/mol. The quantitative estimate of drug-likeness (QED) is 0.194. The van der Waals surface area contributed by atoms with Crippen LogP contribution >= 0.6 is 11.3 Å². The number of fused-ring (bicyclic) bond motifs is 1. The number of amides is 1. The Labute approximate surface area is 242 Å². The molecule has 40 heavy (non-hydrogen) atoms. The van der Waals surface area contributed by atoms with Gasteiger partial charge in [-0.3, -0.25) is 10.0 Å². The van der Waals surface area contributed by atoms with Crippen molar-refractivity contribution in [2.45, 2.75) is 68.3 Å². The Morgan fingerprint density at radius 3 is 2.33 bits per heavy atom. The average molecular weight is 603 g/mol. The average Bonchev–Trinajstić information content (AvgIpc) is 3.36. The third-order valence-electron chi connectivity index (χ3n) is 8.04. The van der Waals surface area contributed by atoms with Gasteiger partial charge in [0, 0.05) is 17.3 Å². The summed E-state index contributed by atoms with van der Waals surface area (Å²) < 4.78 is 42.0. The fraction of sp³-hybridized carbons (Fsp3) is 0.414. The first-order valence-electron chi connectivity index (χ1n) is 13.2. The Hall–Kier alpha value is -2.54. The second kappa shape index (κ2) is 11.7. The minimum atomic E-state index is -4.21. The van der Waals surface area contributed by atoms with E-state index >= 15 is 0 Å². The number of nitrogens with one attached hydrogen (secondary N) is 1. The minimum Gasteiger partial charge on any atom is -0.497 e. The maximum absolute atomic E-state index is 14.3. The summed E-state index contributed by atoms with van der Waals surface area (Å²) in [5, 5.41) is 11.7. The predicted molar refractivity (Wildman–Crippen MR) is 159 cm³/mol.